The molecule has 3 heterocycles. The SMILES string of the molecule is Cc1cccc(NC(=O)C2CCc3ccccc3N2C(=O)C2CCN(c3ncccn3)CC2)c1. The number of hydrogen-bond acceptors (Lipinski definition) is 5. The molecule has 7 nitrogen and oxygen atoms in total. The lowest BCUT2D eigenvalue weighted by Crippen LogP contribution is -2.53. The third-order valence-corrected chi connectivity index (χ3v) is 6.75. The molecular weight excluding hydrogens is 426 g/mol. The summed E-state index contributed by atoms with van der Waals surface area (Å²) in [6.07, 6.45) is 6.28. The van der Waals surface area contributed by atoms with E-state index in [9.17, 15) is 9.59 Å². The summed E-state index contributed by atoms with van der Waals surface area (Å²) in [5.74, 6) is 0.460. The molecule has 2 aliphatic rings. The normalized spacial score (nSPS) is 18.3. The fraction of sp³-hybridized carbons (Fsp3) is 0.333. The summed E-state index contributed by atoms with van der Waals surface area (Å²) < 4.78 is 0. The number of nitrogens with zero attached hydrogens (tertiary/aromatic N) is 4. The van der Waals surface area contributed by atoms with E-state index in [1.807, 2.05) is 49.4 Å². The molecule has 1 atom stereocenters. The van der Waals surface area contributed by atoms with Crippen molar-refractivity contribution in [2.75, 3.05) is 28.2 Å². The summed E-state index contributed by atoms with van der Waals surface area (Å²) >= 11 is 0. The maximum absolute atomic E-state index is 13.9. The third kappa shape index (κ3) is 4.51. The van der Waals surface area contributed by atoms with Crippen LogP contribution in [0.15, 0.2) is 67.0 Å². The van der Waals surface area contributed by atoms with Crippen molar-refractivity contribution >= 4 is 29.1 Å². The number of hydrogen-bond donors (Lipinski definition) is 1. The Balaban J connectivity index is 1.36. The number of rotatable bonds is 4. The van der Waals surface area contributed by atoms with Crippen molar-refractivity contribution in [3.8, 4) is 0 Å². The number of aryl methyl sites for hydroxylation is 2. The smallest absolute Gasteiger partial charge is 0.247 e. The van der Waals surface area contributed by atoms with Crippen LogP contribution in [-0.4, -0.2) is 40.9 Å². The molecular formula is C27H29N5O2. The molecule has 174 valence electrons. The van der Waals surface area contributed by atoms with Crippen molar-refractivity contribution in [2.24, 2.45) is 5.92 Å². The molecule has 0 bridgehead atoms. The predicted octanol–water partition coefficient (Wildman–Crippen LogP) is 3.99. The number of anilines is 3. The summed E-state index contributed by atoms with van der Waals surface area (Å²) in [6, 6.07) is 17.0. The van der Waals surface area contributed by atoms with E-state index in [4.69, 9.17) is 0 Å². The van der Waals surface area contributed by atoms with Gasteiger partial charge < -0.3 is 10.2 Å². The second-order valence-corrected chi connectivity index (χ2v) is 9.06. The number of amides is 2. The van der Waals surface area contributed by atoms with Crippen LogP contribution in [-0.2, 0) is 16.0 Å². The zero-order chi connectivity index (χ0) is 23.5. The number of para-hydroxylation sites is 1. The number of benzene rings is 2. The number of aromatic nitrogens is 2. The first-order chi connectivity index (χ1) is 16.6. The highest BCUT2D eigenvalue weighted by Gasteiger charge is 2.39. The minimum Gasteiger partial charge on any atom is -0.341 e. The van der Waals surface area contributed by atoms with Gasteiger partial charge in [0.05, 0.1) is 0 Å². The summed E-state index contributed by atoms with van der Waals surface area (Å²) in [5, 5.41) is 3.04. The van der Waals surface area contributed by atoms with E-state index in [2.05, 4.69) is 26.3 Å². The van der Waals surface area contributed by atoms with Gasteiger partial charge in [0, 0.05) is 42.8 Å². The number of piperidine rings is 1. The molecule has 34 heavy (non-hydrogen) atoms. The van der Waals surface area contributed by atoms with Crippen molar-refractivity contribution in [3.63, 3.8) is 0 Å². The number of fused-ring (bicyclic) bond motifs is 1. The van der Waals surface area contributed by atoms with E-state index in [0.717, 1.165) is 42.0 Å². The first-order valence-corrected chi connectivity index (χ1v) is 11.9. The highest BCUT2D eigenvalue weighted by Crippen LogP contribution is 2.34. The van der Waals surface area contributed by atoms with E-state index < -0.39 is 6.04 Å². The van der Waals surface area contributed by atoms with Gasteiger partial charge in [-0.3, -0.25) is 14.5 Å². The van der Waals surface area contributed by atoms with E-state index in [0.29, 0.717) is 25.2 Å². The Hall–Kier alpha value is -3.74. The van der Waals surface area contributed by atoms with Crippen LogP contribution in [0.4, 0.5) is 17.3 Å². The molecule has 1 unspecified atom stereocenters. The second-order valence-electron chi connectivity index (χ2n) is 9.06. The second kappa shape index (κ2) is 9.63. The molecule has 3 aromatic rings. The zero-order valence-electron chi connectivity index (χ0n) is 19.4. The first-order valence-electron chi connectivity index (χ1n) is 11.9. The Kier molecular flexibility index (Phi) is 6.25. The Labute approximate surface area is 199 Å². The molecule has 2 aliphatic heterocycles. The van der Waals surface area contributed by atoms with Gasteiger partial charge in [-0.15, -0.1) is 0 Å². The van der Waals surface area contributed by atoms with Crippen LogP contribution in [0.25, 0.3) is 0 Å². The summed E-state index contributed by atoms with van der Waals surface area (Å²) in [4.78, 5) is 39.8. The molecule has 0 radical (unpaired) electrons. The minimum atomic E-state index is -0.529. The largest absolute Gasteiger partial charge is 0.341 e. The standard InChI is InChI=1S/C27H29N5O2/c1-19-6-4-8-22(18-19)30-25(33)24-11-10-20-7-2-3-9-23(20)32(24)26(34)21-12-16-31(17-13-21)27-28-14-5-15-29-27/h2-9,14-15,18,21,24H,10-13,16-17H2,1H3,(H,30,33). The van der Waals surface area contributed by atoms with Gasteiger partial charge in [0.15, 0.2) is 0 Å². The molecule has 1 saturated heterocycles. The van der Waals surface area contributed by atoms with Gasteiger partial charge in [0.1, 0.15) is 6.04 Å². The zero-order valence-corrected chi connectivity index (χ0v) is 19.4. The van der Waals surface area contributed by atoms with E-state index in [1.165, 1.54) is 0 Å². The molecule has 1 N–H and O–H groups in total. The van der Waals surface area contributed by atoms with Crippen molar-refractivity contribution in [2.45, 2.75) is 38.6 Å². The minimum absolute atomic E-state index is 0.0326. The number of nitrogens with one attached hydrogen (secondary N) is 1. The van der Waals surface area contributed by atoms with Gasteiger partial charge in [0.25, 0.3) is 0 Å². The van der Waals surface area contributed by atoms with Crippen LogP contribution in [0.1, 0.15) is 30.4 Å². The average Bonchev–Trinajstić information content (AvgIpc) is 2.88. The van der Waals surface area contributed by atoms with Crippen molar-refractivity contribution < 1.29 is 9.59 Å². The van der Waals surface area contributed by atoms with Crippen LogP contribution in [0, 0.1) is 12.8 Å². The van der Waals surface area contributed by atoms with Crippen LogP contribution in [0.3, 0.4) is 0 Å². The molecule has 1 fully saturated rings. The molecule has 5 rings (SSSR count). The highest BCUT2D eigenvalue weighted by atomic mass is 16.2. The topological polar surface area (TPSA) is 78.4 Å². The quantitative estimate of drug-likeness (QED) is 0.644. The Morgan fingerprint density at radius 3 is 2.47 bits per heavy atom. The third-order valence-electron chi connectivity index (χ3n) is 6.75. The van der Waals surface area contributed by atoms with Crippen LogP contribution in [0.2, 0.25) is 0 Å². The molecule has 0 aliphatic carbocycles. The average molecular weight is 456 g/mol. The maximum atomic E-state index is 13.9. The fourth-order valence-electron chi connectivity index (χ4n) is 4.99. The molecule has 7 heteroatoms. The monoisotopic (exact) mass is 455 g/mol. The lowest BCUT2D eigenvalue weighted by Gasteiger charge is -2.40. The van der Waals surface area contributed by atoms with Crippen LogP contribution < -0.4 is 15.1 Å². The summed E-state index contributed by atoms with van der Waals surface area (Å²) in [5.41, 5.74) is 3.81. The lowest BCUT2D eigenvalue weighted by molar-refractivity contribution is -0.126. The first kappa shape index (κ1) is 22.1. The molecule has 2 amide bonds. The Bertz CT molecular complexity index is 1170. The van der Waals surface area contributed by atoms with E-state index in [1.54, 1.807) is 23.4 Å². The summed E-state index contributed by atoms with van der Waals surface area (Å²) in [6.45, 7) is 3.43. The fourth-order valence-corrected chi connectivity index (χ4v) is 4.99. The Morgan fingerprint density at radius 2 is 1.71 bits per heavy atom. The predicted molar refractivity (Wildman–Crippen MR) is 133 cm³/mol. The van der Waals surface area contributed by atoms with Crippen molar-refractivity contribution in [1.29, 1.82) is 0 Å². The highest BCUT2D eigenvalue weighted by molar-refractivity contribution is 6.06. The molecule has 0 saturated carbocycles. The molecule has 0 spiro atoms. The number of carbonyl (C=O) groups is 2. The van der Waals surface area contributed by atoms with Crippen molar-refractivity contribution in [3.05, 3.63) is 78.1 Å². The van der Waals surface area contributed by atoms with Gasteiger partial charge in [-0.25, -0.2) is 9.97 Å². The molecule has 1 aromatic heterocycles. The van der Waals surface area contributed by atoms with E-state index >= 15 is 0 Å². The molecule has 2 aromatic carbocycles. The van der Waals surface area contributed by atoms with Gasteiger partial charge >= 0.3 is 0 Å². The summed E-state index contributed by atoms with van der Waals surface area (Å²) in [7, 11) is 0. The van der Waals surface area contributed by atoms with Gasteiger partial charge in [0.2, 0.25) is 17.8 Å². The van der Waals surface area contributed by atoms with Crippen LogP contribution in [0.5, 0.6) is 0 Å². The maximum Gasteiger partial charge on any atom is 0.247 e. The van der Waals surface area contributed by atoms with Gasteiger partial charge in [-0.2, -0.15) is 0 Å². The number of carbonyl (C=O) groups excluding carboxylic acids is 2. The van der Waals surface area contributed by atoms with Gasteiger partial charge in [-0.05, 0) is 68.0 Å². The van der Waals surface area contributed by atoms with E-state index in [-0.39, 0.29) is 17.7 Å². The Morgan fingerprint density at radius 1 is 0.941 bits per heavy atom. The van der Waals surface area contributed by atoms with Crippen molar-refractivity contribution in [1.82, 2.24) is 9.97 Å². The van der Waals surface area contributed by atoms with Gasteiger partial charge in [-0.1, -0.05) is 30.3 Å². The lowest BCUT2D eigenvalue weighted by atomic mass is 9.90. The van der Waals surface area contributed by atoms with Crippen LogP contribution >= 0.6 is 0 Å².